The van der Waals surface area contributed by atoms with E-state index in [2.05, 4.69) is 31.3 Å². The standard InChI is InChI=1S/C11H15BrClN3/c1-14-16-5-3-2-4-10(16)8-6-9(13)11(12)15-7-8/h6-7,10,14H,2-5H2,1H3/t10-/m0/s1. The van der Waals surface area contributed by atoms with Crippen LogP contribution < -0.4 is 5.43 Å². The van der Waals surface area contributed by atoms with Crippen LogP contribution in [0.1, 0.15) is 30.9 Å². The molecule has 0 unspecified atom stereocenters. The first kappa shape index (κ1) is 12.3. The van der Waals surface area contributed by atoms with Gasteiger partial charge in [-0.25, -0.2) is 9.99 Å². The van der Waals surface area contributed by atoms with Gasteiger partial charge in [0, 0.05) is 12.7 Å². The Kier molecular flexibility index (Phi) is 4.19. The summed E-state index contributed by atoms with van der Waals surface area (Å²) in [6, 6.07) is 2.38. The number of rotatable bonds is 2. The molecular formula is C11H15BrClN3. The van der Waals surface area contributed by atoms with Crippen LogP contribution in [-0.2, 0) is 0 Å². The van der Waals surface area contributed by atoms with Crippen molar-refractivity contribution in [2.45, 2.75) is 25.3 Å². The van der Waals surface area contributed by atoms with Crippen molar-refractivity contribution in [2.75, 3.05) is 13.6 Å². The van der Waals surface area contributed by atoms with Crippen molar-refractivity contribution in [3.8, 4) is 0 Å². The van der Waals surface area contributed by atoms with E-state index < -0.39 is 0 Å². The third-order valence-corrected chi connectivity index (χ3v) is 4.14. The molecule has 1 saturated heterocycles. The minimum absolute atomic E-state index is 0.386. The van der Waals surface area contributed by atoms with E-state index in [1.165, 1.54) is 18.4 Å². The second-order valence-electron chi connectivity index (χ2n) is 3.97. The summed E-state index contributed by atoms with van der Waals surface area (Å²) in [5.74, 6) is 0. The van der Waals surface area contributed by atoms with Crippen LogP contribution in [0.2, 0.25) is 5.02 Å². The number of nitrogens with zero attached hydrogens (tertiary/aromatic N) is 2. The minimum Gasteiger partial charge on any atom is -0.258 e. The number of hydrogen-bond donors (Lipinski definition) is 1. The molecule has 0 aliphatic carbocycles. The van der Waals surface area contributed by atoms with Crippen LogP contribution >= 0.6 is 27.5 Å². The fourth-order valence-corrected chi connectivity index (χ4v) is 2.56. The average Bonchev–Trinajstić information content (AvgIpc) is 2.32. The SMILES string of the molecule is CNN1CCCC[C@H]1c1cnc(Br)c(Cl)c1. The molecule has 5 heteroatoms. The summed E-state index contributed by atoms with van der Waals surface area (Å²) >= 11 is 9.39. The quantitative estimate of drug-likeness (QED) is 0.851. The molecule has 0 bridgehead atoms. The first-order valence-electron chi connectivity index (χ1n) is 5.47. The summed E-state index contributed by atoms with van der Waals surface area (Å²) in [4.78, 5) is 4.25. The molecular weight excluding hydrogens is 289 g/mol. The second-order valence-corrected chi connectivity index (χ2v) is 5.13. The molecule has 1 fully saturated rings. The van der Waals surface area contributed by atoms with Crippen LogP contribution in [0.25, 0.3) is 0 Å². The number of halogens is 2. The van der Waals surface area contributed by atoms with Crippen LogP contribution in [0.3, 0.4) is 0 Å². The Morgan fingerprint density at radius 2 is 2.38 bits per heavy atom. The van der Waals surface area contributed by atoms with Crippen molar-refractivity contribution in [2.24, 2.45) is 0 Å². The van der Waals surface area contributed by atoms with E-state index >= 15 is 0 Å². The van der Waals surface area contributed by atoms with Gasteiger partial charge in [-0.2, -0.15) is 0 Å². The van der Waals surface area contributed by atoms with Crippen LogP contribution in [-0.4, -0.2) is 23.6 Å². The van der Waals surface area contributed by atoms with E-state index in [-0.39, 0.29) is 0 Å². The molecule has 88 valence electrons. The van der Waals surface area contributed by atoms with Crippen molar-refractivity contribution >= 4 is 27.5 Å². The molecule has 1 aliphatic heterocycles. The van der Waals surface area contributed by atoms with Crippen LogP contribution in [0.5, 0.6) is 0 Å². The molecule has 2 rings (SSSR count). The van der Waals surface area contributed by atoms with Gasteiger partial charge in [0.1, 0.15) is 4.60 Å². The molecule has 0 aromatic carbocycles. The number of hydrazine groups is 1. The zero-order chi connectivity index (χ0) is 11.5. The van der Waals surface area contributed by atoms with Crippen molar-refractivity contribution < 1.29 is 0 Å². The zero-order valence-electron chi connectivity index (χ0n) is 9.21. The van der Waals surface area contributed by atoms with Gasteiger partial charge in [0.25, 0.3) is 0 Å². The molecule has 3 nitrogen and oxygen atoms in total. The lowest BCUT2D eigenvalue weighted by molar-refractivity contribution is 0.0982. The van der Waals surface area contributed by atoms with E-state index in [4.69, 9.17) is 11.6 Å². The van der Waals surface area contributed by atoms with E-state index in [0.29, 0.717) is 15.7 Å². The Hall–Kier alpha value is -0.160. The molecule has 0 radical (unpaired) electrons. The predicted octanol–water partition coefficient (Wildman–Crippen LogP) is 3.16. The minimum atomic E-state index is 0.386. The maximum atomic E-state index is 6.08. The number of pyridine rings is 1. The topological polar surface area (TPSA) is 28.2 Å². The summed E-state index contributed by atoms with van der Waals surface area (Å²) in [6.07, 6.45) is 5.56. The Labute approximate surface area is 109 Å². The number of aromatic nitrogens is 1. The Morgan fingerprint density at radius 1 is 1.56 bits per heavy atom. The highest BCUT2D eigenvalue weighted by Gasteiger charge is 2.23. The summed E-state index contributed by atoms with van der Waals surface area (Å²) in [5.41, 5.74) is 4.42. The highest BCUT2D eigenvalue weighted by atomic mass is 79.9. The van der Waals surface area contributed by atoms with Gasteiger partial charge in [-0.05, 0) is 47.4 Å². The van der Waals surface area contributed by atoms with Gasteiger partial charge in [0.05, 0.1) is 11.1 Å². The molecule has 0 amide bonds. The molecule has 0 saturated carbocycles. The fourth-order valence-electron chi connectivity index (χ4n) is 2.16. The maximum absolute atomic E-state index is 6.08. The highest BCUT2D eigenvalue weighted by Crippen LogP contribution is 2.31. The van der Waals surface area contributed by atoms with Crippen molar-refractivity contribution in [1.82, 2.24) is 15.4 Å². The molecule has 16 heavy (non-hydrogen) atoms. The van der Waals surface area contributed by atoms with Gasteiger partial charge >= 0.3 is 0 Å². The Balaban J connectivity index is 2.23. The largest absolute Gasteiger partial charge is 0.258 e. The van der Waals surface area contributed by atoms with E-state index in [0.717, 1.165) is 13.0 Å². The van der Waals surface area contributed by atoms with Crippen LogP contribution in [0.15, 0.2) is 16.9 Å². The summed E-state index contributed by atoms with van der Waals surface area (Å²) < 4.78 is 0.713. The zero-order valence-corrected chi connectivity index (χ0v) is 11.6. The molecule has 2 heterocycles. The third-order valence-electron chi connectivity index (χ3n) is 2.99. The summed E-state index contributed by atoms with van der Waals surface area (Å²) in [5, 5.41) is 2.93. The maximum Gasteiger partial charge on any atom is 0.124 e. The summed E-state index contributed by atoms with van der Waals surface area (Å²) in [7, 11) is 1.96. The normalized spacial score (nSPS) is 22.3. The Bertz CT molecular complexity index is 372. The monoisotopic (exact) mass is 303 g/mol. The van der Waals surface area contributed by atoms with E-state index in [9.17, 15) is 0 Å². The lowest BCUT2D eigenvalue weighted by atomic mass is 9.98. The third kappa shape index (κ3) is 2.56. The lowest BCUT2D eigenvalue weighted by Crippen LogP contribution is -2.41. The Morgan fingerprint density at radius 3 is 3.06 bits per heavy atom. The molecule has 1 N–H and O–H groups in total. The molecule has 1 aromatic heterocycles. The first-order valence-corrected chi connectivity index (χ1v) is 6.64. The predicted molar refractivity (Wildman–Crippen MR) is 69.3 cm³/mol. The van der Waals surface area contributed by atoms with Gasteiger partial charge < -0.3 is 0 Å². The van der Waals surface area contributed by atoms with E-state index in [1.54, 1.807) is 0 Å². The van der Waals surface area contributed by atoms with Gasteiger partial charge in [0.2, 0.25) is 0 Å². The molecule has 0 spiro atoms. The number of hydrogen-bond acceptors (Lipinski definition) is 3. The van der Waals surface area contributed by atoms with Crippen molar-refractivity contribution in [3.05, 3.63) is 27.5 Å². The van der Waals surface area contributed by atoms with Crippen molar-refractivity contribution in [3.63, 3.8) is 0 Å². The highest BCUT2D eigenvalue weighted by molar-refractivity contribution is 9.10. The molecule has 1 aromatic rings. The molecule has 1 atom stereocenters. The van der Waals surface area contributed by atoms with E-state index in [1.807, 2.05) is 19.3 Å². The van der Waals surface area contributed by atoms with Crippen molar-refractivity contribution in [1.29, 1.82) is 0 Å². The summed E-state index contributed by atoms with van der Waals surface area (Å²) in [6.45, 7) is 1.08. The fraction of sp³-hybridized carbons (Fsp3) is 0.545. The lowest BCUT2D eigenvalue weighted by Gasteiger charge is -2.35. The van der Waals surface area contributed by atoms with Crippen LogP contribution in [0, 0.1) is 0 Å². The van der Waals surface area contributed by atoms with Gasteiger partial charge in [-0.3, -0.25) is 5.43 Å². The molecule has 1 aliphatic rings. The first-order chi connectivity index (χ1) is 7.72. The van der Waals surface area contributed by atoms with Gasteiger partial charge in [-0.1, -0.05) is 18.0 Å². The van der Waals surface area contributed by atoms with Crippen LogP contribution in [0.4, 0.5) is 0 Å². The van der Waals surface area contributed by atoms with Gasteiger partial charge in [-0.15, -0.1) is 0 Å². The number of nitrogens with one attached hydrogen (secondary N) is 1. The number of piperidine rings is 1. The van der Waals surface area contributed by atoms with Gasteiger partial charge in [0.15, 0.2) is 0 Å². The average molecular weight is 305 g/mol. The smallest absolute Gasteiger partial charge is 0.124 e. The second kappa shape index (κ2) is 5.45.